The lowest BCUT2D eigenvalue weighted by Crippen LogP contribution is -2.42. The molecule has 0 spiro atoms. The molecule has 2 unspecified atom stereocenters. The van der Waals surface area contributed by atoms with E-state index in [4.69, 9.17) is 0 Å². The lowest BCUT2D eigenvalue weighted by atomic mass is 9.87. The van der Waals surface area contributed by atoms with Gasteiger partial charge in [0, 0.05) is 20.1 Å². The van der Waals surface area contributed by atoms with Crippen molar-refractivity contribution in [3.63, 3.8) is 0 Å². The zero-order valence-corrected chi connectivity index (χ0v) is 7.93. The molecule has 0 radical (unpaired) electrons. The highest BCUT2D eigenvalue weighted by Crippen LogP contribution is 2.23. The predicted octanol–water partition coefficient (Wildman–Crippen LogP) is 1.63. The molecule has 0 aromatic carbocycles. The fourth-order valence-corrected chi connectivity index (χ4v) is 1.92. The second kappa shape index (κ2) is 4.07. The highest BCUT2D eigenvalue weighted by molar-refractivity contribution is 4.73. The molecule has 2 atom stereocenters. The number of nitrogens with one attached hydrogen (secondary N) is 1. The molecular formula is C9H20N2. The van der Waals surface area contributed by atoms with Crippen LogP contribution in [0.1, 0.15) is 32.6 Å². The summed E-state index contributed by atoms with van der Waals surface area (Å²) in [6.45, 7) is 2.35. The van der Waals surface area contributed by atoms with E-state index in [0.717, 1.165) is 12.0 Å². The molecule has 0 saturated heterocycles. The Morgan fingerprint density at radius 2 is 2.00 bits per heavy atom. The maximum atomic E-state index is 3.45. The monoisotopic (exact) mass is 156 g/mol. The van der Waals surface area contributed by atoms with Crippen molar-refractivity contribution in [1.29, 1.82) is 0 Å². The smallest absolute Gasteiger partial charge is 0.0217 e. The van der Waals surface area contributed by atoms with Gasteiger partial charge in [-0.15, -0.1) is 0 Å². The van der Waals surface area contributed by atoms with Gasteiger partial charge in [-0.1, -0.05) is 19.8 Å². The Morgan fingerprint density at radius 1 is 1.27 bits per heavy atom. The van der Waals surface area contributed by atoms with Crippen LogP contribution in [-0.2, 0) is 0 Å². The summed E-state index contributed by atoms with van der Waals surface area (Å²) < 4.78 is 0. The lowest BCUT2D eigenvalue weighted by molar-refractivity contribution is 0.185. The predicted molar refractivity (Wildman–Crippen MR) is 48.2 cm³/mol. The molecular weight excluding hydrogens is 136 g/mol. The summed E-state index contributed by atoms with van der Waals surface area (Å²) >= 11 is 0. The van der Waals surface area contributed by atoms with Crippen LogP contribution in [0.3, 0.4) is 0 Å². The third kappa shape index (κ3) is 3.21. The van der Waals surface area contributed by atoms with E-state index in [1.807, 2.05) is 0 Å². The van der Waals surface area contributed by atoms with E-state index in [2.05, 4.69) is 31.5 Å². The van der Waals surface area contributed by atoms with Crippen LogP contribution in [0.25, 0.3) is 0 Å². The van der Waals surface area contributed by atoms with E-state index in [1.165, 1.54) is 25.7 Å². The van der Waals surface area contributed by atoms with Gasteiger partial charge in [-0.25, -0.2) is 0 Å². The van der Waals surface area contributed by atoms with Crippen LogP contribution in [0.2, 0.25) is 0 Å². The van der Waals surface area contributed by atoms with E-state index >= 15 is 0 Å². The van der Waals surface area contributed by atoms with Gasteiger partial charge in [0.05, 0.1) is 0 Å². The van der Waals surface area contributed by atoms with Crippen LogP contribution in [0, 0.1) is 5.92 Å². The van der Waals surface area contributed by atoms with Crippen molar-refractivity contribution in [2.45, 2.75) is 38.6 Å². The molecule has 11 heavy (non-hydrogen) atoms. The van der Waals surface area contributed by atoms with Crippen LogP contribution in [0.5, 0.6) is 0 Å². The molecule has 2 heteroatoms. The Morgan fingerprint density at radius 3 is 2.55 bits per heavy atom. The van der Waals surface area contributed by atoms with Crippen molar-refractivity contribution in [2.75, 3.05) is 14.1 Å². The largest absolute Gasteiger partial charge is 0.253 e. The van der Waals surface area contributed by atoms with Crippen molar-refractivity contribution in [3.05, 3.63) is 0 Å². The van der Waals surface area contributed by atoms with E-state index in [9.17, 15) is 0 Å². The summed E-state index contributed by atoms with van der Waals surface area (Å²) in [4.78, 5) is 0. The van der Waals surface area contributed by atoms with Gasteiger partial charge < -0.3 is 0 Å². The van der Waals surface area contributed by atoms with Crippen LogP contribution in [-0.4, -0.2) is 25.1 Å². The van der Waals surface area contributed by atoms with Gasteiger partial charge in [-0.05, 0) is 18.8 Å². The Kier molecular flexibility index (Phi) is 3.34. The molecule has 2 nitrogen and oxygen atoms in total. The van der Waals surface area contributed by atoms with Gasteiger partial charge in [0.25, 0.3) is 0 Å². The number of rotatable bonds is 2. The van der Waals surface area contributed by atoms with Gasteiger partial charge in [-0.2, -0.15) is 0 Å². The fraction of sp³-hybridized carbons (Fsp3) is 1.00. The first-order chi connectivity index (χ1) is 5.18. The number of nitrogens with zero attached hydrogens (tertiary/aromatic N) is 1. The molecule has 1 aliphatic rings. The number of hydrazine groups is 1. The summed E-state index contributed by atoms with van der Waals surface area (Å²) in [6.07, 6.45) is 5.51. The van der Waals surface area contributed by atoms with Gasteiger partial charge in [-0.3, -0.25) is 10.4 Å². The fourth-order valence-electron chi connectivity index (χ4n) is 1.92. The van der Waals surface area contributed by atoms with E-state index < -0.39 is 0 Å². The van der Waals surface area contributed by atoms with E-state index in [-0.39, 0.29) is 0 Å². The zero-order chi connectivity index (χ0) is 8.27. The maximum Gasteiger partial charge on any atom is 0.0217 e. The SMILES string of the molecule is CC1CCCC(NN(C)C)C1. The third-order valence-electron chi connectivity index (χ3n) is 2.38. The van der Waals surface area contributed by atoms with Crippen molar-refractivity contribution >= 4 is 0 Å². The molecule has 1 saturated carbocycles. The first-order valence-electron chi connectivity index (χ1n) is 4.62. The van der Waals surface area contributed by atoms with Gasteiger partial charge in [0.2, 0.25) is 0 Å². The molecule has 0 aromatic rings. The molecule has 1 fully saturated rings. The minimum atomic E-state index is 0.730. The van der Waals surface area contributed by atoms with Crippen molar-refractivity contribution < 1.29 is 0 Å². The van der Waals surface area contributed by atoms with Gasteiger partial charge in [0.15, 0.2) is 0 Å². The van der Waals surface area contributed by atoms with Crippen LogP contribution < -0.4 is 5.43 Å². The van der Waals surface area contributed by atoms with Crippen molar-refractivity contribution in [2.24, 2.45) is 5.92 Å². The highest BCUT2D eigenvalue weighted by atomic mass is 15.5. The molecule has 0 aliphatic heterocycles. The Hall–Kier alpha value is -0.0800. The molecule has 1 aliphatic carbocycles. The Labute approximate surface area is 69.9 Å². The van der Waals surface area contributed by atoms with Crippen molar-refractivity contribution in [1.82, 2.24) is 10.4 Å². The van der Waals surface area contributed by atoms with E-state index in [1.54, 1.807) is 0 Å². The maximum absolute atomic E-state index is 3.45. The molecule has 66 valence electrons. The average molecular weight is 156 g/mol. The quantitative estimate of drug-likeness (QED) is 0.611. The van der Waals surface area contributed by atoms with Crippen LogP contribution in [0.15, 0.2) is 0 Å². The lowest BCUT2D eigenvalue weighted by Gasteiger charge is -2.29. The number of hydrogen-bond donors (Lipinski definition) is 1. The molecule has 0 aromatic heterocycles. The Balaban J connectivity index is 2.23. The Bertz CT molecular complexity index is 110. The van der Waals surface area contributed by atoms with Crippen LogP contribution >= 0.6 is 0 Å². The third-order valence-corrected chi connectivity index (χ3v) is 2.38. The molecule has 1 rings (SSSR count). The summed E-state index contributed by atoms with van der Waals surface area (Å²) in [5, 5.41) is 2.07. The van der Waals surface area contributed by atoms with Crippen molar-refractivity contribution in [3.8, 4) is 0 Å². The van der Waals surface area contributed by atoms with E-state index in [0.29, 0.717) is 0 Å². The number of hydrogen-bond acceptors (Lipinski definition) is 2. The molecule has 0 bridgehead atoms. The first kappa shape index (κ1) is 9.01. The highest BCUT2D eigenvalue weighted by Gasteiger charge is 2.18. The summed E-state index contributed by atoms with van der Waals surface area (Å²) in [7, 11) is 4.14. The minimum absolute atomic E-state index is 0.730. The molecule has 0 amide bonds. The standard InChI is InChI=1S/C9H20N2/c1-8-5-4-6-9(7-8)10-11(2)3/h8-10H,4-7H2,1-3H3. The first-order valence-corrected chi connectivity index (χ1v) is 4.62. The van der Waals surface area contributed by atoms with Gasteiger partial charge in [0.1, 0.15) is 0 Å². The second-order valence-corrected chi connectivity index (χ2v) is 3.99. The van der Waals surface area contributed by atoms with Crippen LogP contribution in [0.4, 0.5) is 0 Å². The zero-order valence-electron chi connectivity index (χ0n) is 7.93. The molecule has 0 heterocycles. The molecule has 1 N–H and O–H groups in total. The topological polar surface area (TPSA) is 15.3 Å². The average Bonchev–Trinajstić information content (AvgIpc) is 1.85. The summed E-state index contributed by atoms with van der Waals surface area (Å²) in [6, 6.07) is 0.730. The minimum Gasteiger partial charge on any atom is -0.253 e. The van der Waals surface area contributed by atoms with Gasteiger partial charge >= 0.3 is 0 Å². The summed E-state index contributed by atoms with van der Waals surface area (Å²) in [5.41, 5.74) is 3.45. The summed E-state index contributed by atoms with van der Waals surface area (Å²) in [5.74, 6) is 0.918. The second-order valence-electron chi connectivity index (χ2n) is 3.99. The normalized spacial score (nSPS) is 32.7.